The zero-order valence-corrected chi connectivity index (χ0v) is 17.8. The molecule has 5 nitrogen and oxygen atoms in total. The highest BCUT2D eigenvalue weighted by atomic mass is 79.9. The maximum absolute atomic E-state index is 13.0. The predicted molar refractivity (Wildman–Crippen MR) is 109 cm³/mol. The molecule has 1 N–H and O–H groups in total. The van der Waals surface area contributed by atoms with Crippen LogP contribution in [0.3, 0.4) is 0 Å². The van der Waals surface area contributed by atoms with Crippen LogP contribution in [0.15, 0.2) is 57.9 Å². The van der Waals surface area contributed by atoms with Crippen molar-refractivity contribution in [3.8, 4) is 0 Å². The van der Waals surface area contributed by atoms with Gasteiger partial charge in [0.25, 0.3) is 0 Å². The van der Waals surface area contributed by atoms with Crippen molar-refractivity contribution in [3.63, 3.8) is 0 Å². The lowest BCUT2D eigenvalue weighted by Gasteiger charge is -2.31. The van der Waals surface area contributed by atoms with E-state index in [1.54, 1.807) is 0 Å². The minimum atomic E-state index is -3.67. The first kappa shape index (κ1) is 21.0. The van der Waals surface area contributed by atoms with Crippen LogP contribution in [0.4, 0.5) is 4.39 Å². The van der Waals surface area contributed by atoms with Crippen LogP contribution in [0.1, 0.15) is 31.4 Å². The maximum atomic E-state index is 13.0. The quantitative estimate of drug-likeness (QED) is 0.723. The third-order valence-electron chi connectivity index (χ3n) is 5.00. The number of piperidine rings is 1. The molecule has 2 aromatic carbocycles. The van der Waals surface area contributed by atoms with Gasteiger partial charge in [0.2, 0.25) is 15.9 Å². The molecule has 0 spiro atoms. The summed E-state index contributed by atoms with van der Waals surface area (Å²) >= 11 is 3.39. The third kappa shape index (κ3) is 4.79. The van der Waals surface area contributed by atoms with Gasteiger partial charge in [-0.25, -0.2) is 12.8 Å². The molecule has 0 bridgehead atoms. The van der Waals surface area contributed by atoms with E-state index in [9.17, 15) is 17.6 Å². The minimum absolute atomic E-state index is 0.0609. The second-order valence-corrected chi connectivity index (χ2v) is 9.77. The van der Waals surface area contributed by atoms with Crippen molar-refractivity contribution in [2.45, 2.75) is 30.7 Å². The van der Waals surface area contributed by atoms with E-state index >= 15 is 0 Å². The molecule has 1 atom stereocenters. The zero-order chi connectivity index (χ0) is 20.3. The Morgan fingerprint density at radius 2 is 1.68 bits per heavy atom. The van der Waals surface area contributed by atoms with Gasteiger partial charge in [-0.1, -0.05) is 28.1 Å². The monoisotopic (exact) mass is 468 g/mol. The molecule has 0 aromatic heterocycles. The average molecular weight is 469 g/mol. The summed E-state index contributed by atoms with van der Waals surface area (Å²) in [4.78, 5) is 12.7. The van der Waals surface area contributed by atoms with Gasteiger partial charge in [0, 0.05) is 23.5 Å². The van der Waals surface area contributed by atoms with Gasteiger partial charge in [0.1, 0.15) is 5.82 Å². The van der Waals surface area contributed by atoms with Crippen LogP contribution in [0.25, 0.3) is 0 Å². The van der Waals surface area contributed by atoms with Gasteiger partial charge in [0.05, 0.1) is 10.9 Å². The normalized spacial score (nSPS) is 17.2. The van der Waals surface area contributed by atoms with Crippen molar-refractivity contribution in [1.29, 1.82) is 0 Å². The fourth-order valence-electron chi connectivity index (χ4n) is 3.28. The highest BCUT2D eigenvalue weighted by Gasteiger charge is 2.32. The molecule has 1 amide bonds. The number of hydrogen-bond donors (Lipinski definition) is 1. The molecular formula is C20H22BrFN2O3S. The minimum Gasteiger partial charge on any atom is -0.349 e. The lowest BCUT2D eigenvalue weighted by atomic mass is 9.96. The number of nitrogens with one attached hydrogen (secondary N) is 1. The van der Waals surface area contributed by atoms with Crippen molar-refractivity contribution in [3.05, 3.63) is 64.4 Å². The standard InChI is InChI=1S/C20H22BrFN2O3S/c1-14(15-2-4-17(21)5-3-15)23-20(25)16-10-12-24(13-11-16)28(26,27)19-8-6-18(22)7-9-19/h2-9,14,16H,10-13H2,1H3,(H,23,25)/t14-/m1/s1. The molecule has 0 unspecified atom stereocenters. The number of benzene rings is 2. The molecule has 1 heterocycles. The van der Waals surface area contributed by atoms with E-state index in [0.29, 0.717) is 12.8 Å². The zero-order valence-electron chi connectivity index (χ0n) is 15.4. The van der Waals surface area contributed by atoms with Crippen LogP contribution < -0.4 is 5.32 Å². The van der Waals surface area contributed by atoms with E-state index < -0.39 is 15.8 Å². The Kier molecular flexibility index (Phi) is 6.52. The molecule has 3 rings (SSSR count). The molecule has 1 aliphatic rings. The Morgan fingerprint density at radius 3 is 2.25 bits per heavy atom. The van der Waals surface area contributed by atoms with Crippen LogP contribution in [0.5, 0.6) is 0 Å². The Balaban J connectivity index is 1.57. The molecule has 150 valence electrons. The number of carbonyl (C=O) groups excluding carboxylic acids is 1. The van der Waals surface area contributed by atoms with E-state index in [1.807, 2.05) is 31.2 Å². The van der Waals surface area contributed by atoms with Crippen molar-refractivity contribution in [2.75, 3.05) is 13.1 Å². The van der Waals surface area contributed by atoms with E-state index in [0.717, 1.165) is 22.2 Å². The third-order valence-corrected chi connectivity index (χ3v) is 7.45. The van der Waals surface area contributed by atoms with E-state index in [4.69, 9.17) is 0 Å². The van der Waals surface area contributed by atoms with Gasteiger partial charge in [-0.15, -0.1) is 0 Å². The van der Waals surface area contributed by atoms with Crippen LogP contribution in [0.2, 0.25) is 0 Å². The summed E-state index contributed by atoms with van der Waals surface area (Å²) < 4.78 is 40.7. The second-order valence-electron chi connectivity index (χ2n) is 6.91. The van der Waals surface area contributed by atoms with Gasteiger partial charge in [-0.05, 0) is 61.7 Å². The summed E-state index contributed by atoms with van der Waals surface area (Å²) in [5.41, 5.74) is 1.01. The summed E-state index contributed by atoms with van der Waals surface area (Å²) in [7, 11) is -3.67. The van der Waals surface area contributed by atoms with Crippen molar-refractivity contribution in [1.82, 2.24) is 9.62 Å². The Labute approximate surface area is 173 Å². The number of nitrogens with zero attached hydrogens (tertiary/aromatic N) is 1. The molecule has 1 saturated heterocycles. The Morgan fingerprint density at radius 1 is 1.11 bits per heavy atom. The predicted octanol–water partition coefficient (Wildman–Crippen LogP) is 3.87. The fourth-order valence-corrected chi connectivity index (χ4v) is 5.01. The molecule has 1 aliphatic heterocycles. The first-order chi connectivity index (χ1) is 13.3. The highest BCUT2D eigenvalue weighted by Crippen LogP contribution is 2.25. The Hall–Kier alpha value is -1.77. The van der Waals surface area contributed by atoms with Crippen molar-refractivity contribution >= 4 is 31.9 Å². The number of rotatable bonds is 5. The highest BCUT2D eigenvalue weighted by molar-refractivity contribution is 9.10. The molecule has 28 heavy (non-hydrogen) atoms. The summed E-state index contributed by atoms with van der Waals surface area (Å²) in [5.74, 6) is -0.763. The number of hydrogen-bond acceptors (Lipinski definition) is 3. The van der Waals surface area contributed by atoms with Gasteiger partial charge in [-0.2, -0.15) is 4.31 Å². The second kappa shape index (κ2) is 8.71. The summed E-state index contributed by atoms with van der Waals surface area (Å²) in [6, 6.07) is 12.4. The first-order valence-electron chi connectivity index (χ1n) is 9.09. The number of carbonyl (C=O) groups is 1. The van der Waals surface area contributed by atoms with Gasteiger partial charge in [0.15, 0.2) is 0 Å². The molecule has 8 heteroatoms. The summed E-state index contributed by atoms with van der Waals surface area (Å²) in [6.45, 7) is 2.46. The van der Waals surface area contributed by atoms with E-state index in [1.165, 1.54) is 16.4 Å². The summed E-state index contributed by atoms with van der Waals surface area (Å²) in [6.07, 6.45) is 0.915. The number of amides is 1. The molecule has 0 radical (unpaired) electrons. The van der Waals surface area contributed by atoms with Crippen LogP contribution >= 0.6 is 15.9 Å². The lowest BCUT2D eigenvalue weighted by Crippen LogP contribution is -2.43. The molecule has 0 saturated carbocycles. The number of halogens is 2. The Bertz CT molecular complexity index is 925. The van der Waals surface area contributed by atoms with Gasteiger partial charge in [-0.3, -0.25) is 4.79 Å². The van der Waals surface area contributed by atoms with Gasteiger partial charge >= 0.3 is 0 Å². The molecular weight excluding hydrogens is 447 g/mol. The summed E-state index contributed by atoms with van der Waals surface area (Å²) in [5, 5.41) is 3.01. The van der Waals surface area contributed by atoms with E-state index in [2.05, 4.69) is 21.2 Å². The smallest absolute Gasteiger partial charge is 0.243 e. The molecule has 1 fully saturated rings. The maximum Gasteiger partial charge on any atom is 0.243 e. The largest absolute Gasteiger partial charge is 0.349 e. The van der Waals surface area contributed by atoms with Crippen molar-refractivity contribution in [2.24, 2.45) is 5.92 Å². The van der Waals surface area contributed by atoms with Crippen LogP contribution in [-0.4, -0.2) is 31.7 Å². The lowest BCUT2D eigenvalue weighted by molar-refractivity contribution is -0.126. The topological polar surface area (TPSA) is 66.5 Å². The average Bonchev–Trinajstić information content (AvgIpc) is 2.69. The van der Waals surface area contributed by atoms with Crippen LogP contribution in [0, 0.1) is 11.7 Å². The van der Waals surface area contributed by atoms with Crippen LogP contribution in [-0.2, 0) is 14.8 Å². The molecule has 0 aliphatic carbocycles. The van der Waals surface area contributed by atoms with Crippen molar-refractivity contribution < 1.29 is 17.6 Å². The van der Waals surface area contributed by atoms with Gasteiger partial charge < -0.3 is 5.32 Å². The first-order valence-corrected chi connectivity index (χ1v) is 11.3. The fraction of sp³-hybridized carbons (Fsp3) is 0.350. The number of sulfonamides is 1. The van der Waals surface area contributed by atoms with E-state index in [-0.39, 0.29) is 35.9 Å². The molecule has 2 aromatic rings. The SMILES string of the molecule is C[C@@H](NC(=O)C1CCN(S(=O)(=O)c2ccc(F)cc2)CC1)c1ccc(Br)cc1.